The summed E-state index contributed by atoms with van der Waals surface area (Å²) in [6.45, 7) is 6.97. The van der Waals surface area contributed by atoms with Crippen molar-refractivity contribution in [2.45, 2.75) is 32.4 Å². The molecular weight excluding hydrogens is 414 g/mol. The fraction of sp³-hybridized carbons (Fsp3) is 0.409. The fourth-order valence-electron chi connectivity index (χ4n) is 4.71. The molecule has 9 heteroatoms. The smallest absolute Gasteiger partial charge is 0.327 e. The standard InChI is InChI=1S/C22H27N7O.ClH/c1-14-11-28(12-15(2)24-14)20-6-8-23-21-18(20)7-9-29(21)22(30)25-17-4-5-19-16(10-17)13-27(3)26-19;/h4-6,8,10,13-15,24H,7,9,11-12H2,1-3H3,(H,25,30);1H/t14-,15+;. The number of amides is 2. The first-order chi connectivity index (χ1) is 14.5. The molecule has 0 radical (unpaired) electrons. The average Bonchev–Trinajstić information content (AvgIpc) is 3.29. The van der Waals surface area contributed by atoms with E-state index in [-0.39, 0.29) is 18.4 Å². The highest BCUT2D eigenvalue weighted by Gasteiger charge is 2.31. The molecule has 1 fully saturated rings. The highest BCUT2D eigenvalue weighted by atomic mass is 35.5. The molecule has 0 spiro atoms. The Morgan fingerprint density at radius 1 is 1.19 bits per heavy atom. The van der Waals surface area contributed by atoms with Crippen molar-refractivity contribution in [3.05, 3.63) is 42.2 Å². The lowest BCUT2D eigenvalue weighted by atomic mass is 10.1. The largest absolute Gasteiger partial charge is 0.368 e. The number of aryl methyl sites for hydroxylation is 1. The summed E-state index contributed by atoms with van der Waals surface area (Å²) in [5.41, 5.74) is 4.03. The van der Waals surface area contributed by atoms with Crippen LogP contribution in [0.1, 0.15) is 19.4 Å². The topological polar surface area (TPSA) is 78.3 Å². The molecule has 2 aliphatic rings. The van der Waals surface area contributed by atoms with Crippen molar-refractivity contribution in [3.8, 4) is 0 Å². The van der Waals surface area contributed by atoms with Crippen LogP contribution >= 0.6 is 12.4 Å². The molecular formula is C22H28ClN7O. The molecule has 31 heavy (non-hydrogen) atoms. The van der Waals surface area contributed by atoms with Gasteiger partial charge in [0.2, 0.25) is 0 Å². The van der Waals surface area contributed by atoms with E-state index in [9.17, 15) is 4.79 Å². The van der Waals surface area contributed by atoms with Crippen molar-refractivity contribution >= 4 is 46.5 Å². The number of fused-ring (bicyclic) bond motifs is 2. The summed E-state index contributed by atoms with van der Waals surface area (Å²) in [4.78, 5) is 21.8. The zero-order chi connectivity index (χ0) is 20.8. The second kappa shape index (κ2) is 8.36. The fourth-order valence-corrected chi connectivity index (χ4v) is 4.71. The van der Waals surface area contributed by atoms with Crippen LogP contribution in [0.4, 0.5) is 22.0 Å². The van der Waals surface area contributed by atoms with Gasteiger partial charge in [-0.1, -0.05) is 0 Å². The van der Waals surface area contributed by atoms with Crippen LogP contribution in [0.15, 0.2) is 36.7 Å². The summed E-state index contributed by atoms with van der Waals surface area (Å²) < 4.78 is 1.77. The number of aromatic nitrogens is 3. The van der Waals surface area contributed by atoms with Gasteiger partial charge in [0.1, 0.15) is 5.82 Å². The van der Waals surface area contributed by atoms with E-state index in [1.165, 1.54) is 5.69 Å². The average molecular weight is 442 g/mol. The minimum atomic E-state index is -0.149. The molecule has 1 saturated heterocycles. The van der Waals surface area contributed by atoms with Crippen LogP contribution in [0.2, 0.25) is 0 Å². The second-order valence-corrected chi connectivity index (χ2v) is 8.41. The van der Waals surface area contributed by atoms with Gasteiger partial charge in [0.05, 0.1) is 5.52 Å². The number of rotatable bonds is 2. The number of carbonyl (C=O) groups is 1. The molecule has 0 saturated carbocycles. The number of nitrogens with one attached hydrogen (secondary N) is 2. The number of urea groups is 1. The van der Waals surface area contributed by atoms with Crippen LogP contribution in [0, 0.1) is 0 Å². The molecule has 0 unspecified atom stereocenters. The molecule has 0 bridgehead atoms. The first kappa shape index (κ1) is 21.4. The number of carbonyl (C=O) groups excluding carboxylic acids is 1. The highest BCUT2D eigenvalue weighted by Crippen LogP contribution is 2.35. The van der Waals surface area contributed by atoms with Crippen LogP contribution in [0.3, 0.4) is 0 Å². The molecule has 8 nitrogen and oxygen atoms in total. The minimum Gasteiger partial charge on any atom is -0.368 e. The van der Waals surface area contributed by atoms with E-state index in [0.717, 1.165) is 47.5 Å². The van der Waals surface area contributed by atoms with Crippen molar-refractivity contribution in [2.75, 3.05) is 34.8 Å². The minimum absolute atomic E-state index is 0. The van der Waals surface area contributed by atoms with Gasteiger partial charge in [0.25, 0.3) is 0 Å². The lowest BCUT2D eigenvalue weighted by Gasteiger charge is -2.38. The van der Waals surface area contributed by atoms with Gasteiger partial charge in [-0.15, -0.1) is 12.4 Å². The van der Waals surface area contributed by atoms with E-state index in [1.54, 1.807) is 9.58 Å². The predicted octanol–water partition coefficient (Wildman–Crippen LogP) is 3.17. The zero-order valence-electron chi connectivity index (χ0n) is 18.0. The predicted molar refractivity (Wildman–Crippen MR) is 127 cm³/mol. The van der Waals surface area contributed by atoms with E-state index in [2.05, 4.69) is 45.5 Å². The summed E-state index contributed by atoms with van der Waals surface area (Å²) in [5, 5.41) is 12.0. The molecule has 2 N–H and O–H groups in total. The lowest BCUT2D eigenvalue weighted by molar-refractivity contribution is 0.257. The summed E-state index contributed by atoms with van der Waals surface area (Å²) in [7, 11) is 1.89. The number of halogens is 1. The first-order valence-electron chi connectivity index (χ1n) is 10.5. The number of piperazine rings is 1. The van der Waals surface area contributed by atoms with Gasteiger partial charge in [0, 0.05) is 73.5 Å². The third-order valence-corrected chi connectivity index (χ3v) is 5.86. The van der Waals surface area contributed by atoms with E-state index >= 15 is 0 Å². The molecule has 2 aromatic heterocycles. The molecule has 164 valence electrons. The number of hydrogen-bond acceptors (Lipinski definition) is 5. The van der Waals surface area contributed by atoms with Gasteiger partial charge in [-0.2, -0.15) is 5.10 Å². The summed E-state index contributed by atoms with van der Waals surface area (Å²) >= 11 is 0. The summed E-state index contributed by atoms with van der Waals surface area (Å²) in [6.07, 6.45) is 4.58. The molecule has 0 aliphatic carbocycles. The Balaban J connectivity index is 0.00000231. The molecule has 1 aromatic carbocycles. The van der Waals surface area contributed by atoms with Crippen molar-refractivity contribution in [1.29, 1.82) is 0 Å². The second-order valence-electron chi connectivity index (χ2n) is 8.41. The SMILES string of the molecule is C[C@@H]1CN(c2ccnc3c2CCN3C(=O)Nc2ccc3nn(C)cc3c2)C[C@H](C)N1.Cl. The van der Waals surface area contributed by atoms with E-state index in [4.69, 9.17) is 0 Å². The molecule has 4 heterocycles. The molecule has 2 atom stereocenters. The Morgan fingerprint density at radius 2 is 1.97 bits per heavy atom. The molecule has 5 rings (SSSR count). The van der Waals surface area contributed by atoms with Crippen LogP contribution in [0.5, 0.6) is 0 Å². The Hall–Kier alpha value is -2.84. The van der Waals surface area contributed by atoms with Gasteiger partial charge >= 0.3 is 6.03 Å². The maximum atomic E-state index is 13.0. The van der Waals surface area contributed by atoms with Crippen LogP contribution in [0.25, 0.3) is 10.9 Å². The number of benzene rings is 1. The van der Waals surface area contributed by atoms with E-state index in [0.29, 0.717) is 18.6 Å². The van der Waals surface area contributed by atoms with E-state index < -0.39 is 0 Å². The van der Waals surface area contributed by atoms with Gasteiger partial charge in [-0.05, 0) is 44.5 Å². The van der Waals surface area contributed by atoms with Gasteiger partial charge in [-0.25, -0.2) is 9.78 Å². The van der Waals surface area contributed by atoms with Crippen LogP contribution in [-0.2, 0) is 13.5 Å². The normalized spacial score (nSPS) is 20.5. The number of pyridine rings is 1. The lowest BCUT2D eigenvalue weighted by Crippen LogP contribution is -2.54. The molecule has 3 aromatic rings. The van der Waals surface area contributed by atoms with Crippen molar-refractivity contribution in [1.82, 2.24) is 20.1 Å². The quantitative estimate of drug-likeness (QED) is 0.638. The zero-order valence-corrected chi connectivity index (χ0v) is 18.8. The van der Waals surface area contributed by atoms with Crippen LogP contribution < -0.4 is 20.4 Å². The van der Waals surface area contributed by atoms with Crippen molar-refractivity contribution in [3.63, 3.8) is 0 Å². The first-order valence-corrected chi connectivity index (χ1v) is 10.5. The maximum Gasteiger partial charge on any atom is 0.327 e. The molecule has 2 amide bonds. The Labute approximate surface area is 188 Å². The van der Waals surface area contributed by atoms with Crippen molar-refractivity contribution in [2.24, 2.45) is 7.05 Å². The number of anilines is 3. The monoisotopic (exact) mass is 441 g/mol. The Bertz CT molecular complexity index is 1100. The van der Waals surface area contributed by atoms with E-state index in [1.807, 2.05) is 37.6 Å². The van der Waals surface area contributed by atoms with Crippen LogP contribution in [-0.4, -0.2) is 52.5 Å². The Morgan fingerprint density at radius 3 is 2.74 bits per heavy atom. The third kappa shape index (κ3) is 4.05. The molecule has 2 aliphatic heterocycles. The number of nitrogens with zero attached hydrogens (tertiary/aromatic N) is 5. The summed E-state index contributed by atoms with van der Waals surface area (Å²) in [6, 6.07) is 8.56. The maximum absolute atomic E-state index is 13.0. The van der Waals surface area contributed by atoms with Gasteiger partial charge in [0.15, 0.2) is 0 Å². The summed E-state index contributed by atoms with van der Waals surface area (Å²) in [5.74, 6) is 0.770. The Kier molecular flexibility index (Phi) is 5.77. The van der Waals surface area contributed by atoms with Gasteiger partial charge < -0.3 is 15.5 Å². The van der Waals surface area contributed by atoms with Crippen molar-refractivity contribution < 1.29 is 4.79 Å². The highest BCUT2D eigenvalue weighted by molar-refractivity contribution is 6.03. The van der Waals surface area contributed by atoms with Gasteiger partial charge in [-0.3, -0.25) is 9.58 Å². The number of hydrogen-bond donors (Lipinski definition) is 2. The third-order valence-electron chi connectivity index (χ3n) is 5.86.